The first-order chi connectivity index (χ1) is 36.0. The third-order valence-corrected chi connectivity index (χ3v) is 15.5. The number of hydrogen-bond donors (Lipinski definition) is 12. The maximum absolute atomic E-state index is 12.3. The third-order valence-electron chi connectivity index (χ3n) is 15.5. The molecule has 8 bridgehead atoms. The second-order valence-electron chi connectivity index (χ2n) is 21.4. The Bertz CT molecular complexity index is 2920. The van der Waals surface area contributed by atoms with Gasteiger partial charge in [0, 0.05) is 68.2 Å². The van der Waals surface area contributed by atoms with Gasteiger partial charge in [0.15, 0.2) is 46.0 Å². The number of benzene rings is 8. The first kappa shape index (κ1) is 52.2. The van der Waals surface area contributed by atoms with E-state index in [4.69, 9.17) is 0 Å². The topological polar surface area (TPSA) is 243 Å². The Kier molecular flexibility index (Phi) is 13.7. The first-order valence-corrected chi connectivity index (χ1v) is 25.5. The number of phenolic OH excluding ortho intramolecular Hbond substituents is 12. The van der Waals surface area contributed by atoms with E-state index in [0.717, 1.165) is 22.3 Å². The molecule has 12 nitrogen and oxygen atoms in total. The van der Waals surface area contributed by atoms with Crippen LogP contribution in [0.2, 0.25) is 0 Å². The molecule has 0 aromatic heterocycles. The molecule has 12 N–H and O–H groups in total. The van der Waals surface area contributed by atoms with Crippen molar-refractivity contribution in [2.24, 2.45) is 0 Å². The highest BCUT2D eigenvalue weighted by atomic mass is 16.3. The van der Waals surface area contributed by atoms with E-state index >= 15 is 0 Å². The fraction of sp³-hybridized carbons (Fsp3) is 0.250. The van der Waals surface area contributed by atoms with Crippen molar-refractivity contribution in [1.82, 2.24) is 0 Å². The Morgan fingerprint density at radius 1 is 0.211 bits per heavy atom. The summed E-state index contributed by atoms with van der Waals surface area (Å²) in [6.07, 6.45) is 0. The molecule has 0 spiro atoms. The van der Waals surface area contributed by atoms with Crippen molar-refractivity contribution in [3.05, 3.63) is 210 Å². The maximum atomic E-state index is 12.3. The van der Waals surface area contributed by atoms with Gasteiger partial charge in [-0.25, -0.2) is 0 Å². The summed E-state index contributed by atoms with van der Waals surface area (Å²) < 4.78 is 0. The highest BCUT2D eigenvalue weighted by molar-refractivity contribution is 5.74. The lowest BCUT2D eigenvalue weighted by Gasteiger charge is -2.30. The largest absolute Gasteiger partial charge is 0.504 e. The molecule has 1 aliphatic rings. The van der Waals surface area contributed by atoms with Gasteiger partial charge in [-0.3, -0.25) is 0 Å². The Morgan fingerprint density at radius 2 is 0.342 bits per heavy atom. The zero-order valence-electron chi connectivity index (χ0n) is 43.5. The highest BCUT2D eigenvalue weighted by Gasteiger charge is 2.39. The quantitative estimate of drug-likeness (QED) is 0.0636. The molecular weight excluding hydrogens is 961 g/mol. The molecule has 12 heteroatoms. The Hall–Kier alpha value is -8.64. The van der Waals surface area contributed by atoms with Crippen molar-refractivity contribution < 1.29 is 61.3 Å². The van der Waals surface area contributed by atoms with E-state index in [9.17, 15) is 61.3 Å². The molecule has 9 rings (SSSR count). The zero-order chi connectivity index (χ0) is 54.9. The lowest BCUT2D eigenvalue weighted by Crippen LogP contribution is -2.13. The first-order valence-electron chi connectivity index (χ1n) is 25.5. The van der Waals surface area contributed by atoms with Gasteiger partial charge in [-0.2, -0.15) is 0 Å². The molecule has 76 heavy (non-hydrogen) atoms. The van der Waals surface area contributed by atoms with Crippen molar-refractivity contribution in [2.75, 3.05) is 0 Å². The number of hydrogen-bond acceptors (Lipinski definition) is 12. The summed E-state index contributed by atoms with van der Waals surface area (Å²) in [6.45, 7) is 16.0. The average Bonchev–Trinajstić information content (AvgIpc) is 3.41. The molecule has 0 amide bonds. The van der Waals surface area contributed by atoms with Crippen molar-refractivity contribution >= 4 is 0 Å². The van der Waals surface area contributed by atoms with Crippen molar-refractivity contribution in [3.8, 4) is 69.0 Å². The number of fused-ring (bicyclic) bond motifs is 8. The van der Waals surface area contributed by atoms with Crippen molar-refractivity contribution in [3.63, 3.8) is 0 Å². The molecule has 0 saturated carbocycles. The van der Waals surface area contributed by atoms with Gasteiger partial charge in [-0.05, 0) is 92.4 Å². The molecule has 0 atom stereocenters. The monoisotopic (exact) mass is 1020 g/mol. The predicted octanol–water partition coefficient (Wildman–Crippen LogP) is 13.7. The number of aromatic hydroxyl groups is 12. The van der Waals surface area contributed by atoms with E-state index in [1.165, 1.54) is 24.3 Å². The number of rotatable bonds is 8. The van der Waals surface area contributed by atoms with Crippen LogP contribution in [0.5, 0.6) is 69.0 Å². The normalized spacial score (nSPS) is 16.5. The van der Waals surface area contributed by atoms with Gasteiger partial charge < -0.3 is 61.3 Å². The zero-order valence-corrected chi connectivity index (χ0v) is 43.5. The molecule has 8 aromatic rings. The van der Waals surface area contributed by atoms with Crippen LogP contribution < -0.4 is 0 Å². The lowest BCUT2D eigenvalue weighted by atomic mass is 9.74. The molecule has 0 radical (unpaired) electrons. The fourth-order valence-electron chi connectivity index (χ4n) is 10.9. The van der Waals surface area contributed by atoms with Crippen LogP contribution in [-0.4, -0.2) is 61.3 Å². The van der Waals surface area contributed by atoms with Crippen LogP contribution >= 0.6 is 0 Å². The third kappa shape index (κ3) is 8.80. The Balaban J connectivity index is 1.52. The Morgan fingerprint density at radius 3 is 0.461 bits per heavy atom. The molecule has 8 aromatic carbocycles. The summed E-state index contributed by atoms with van der Waals surface area (Å²) in [5, 5.41) is 146. The number of phenols is 12. The average molecular weight is 1030 g/mol. The minimum atomic E-state index is -1.36. The van der Waals surface area contributed by atoms with Crippen LogP contribution in [-0.2, 0) is 0 Å². The highest BCUT2D eigenvalue weighted by Crippen LogP contribution is 2.60. The molecule has 0 fully saturated rings. The lowest BCUT2D eigenvalue weighted by molar-refractivity contribution is 0.353. The fourth-order valence-corrected chi connectivity index (χ4v) is 10.9. The van der Waals surface area contributed by atoms with Crippen LogP contribution in [0.4, 0.5) is 0 Å². The van der Waals surface area contributed by atoms with Gasteiger partial charge in [0.25, 0.3) is 0 Å². The standard InChI is InChI=1S/C64H64O12/c1-29(2)33-9-17-37(18-10-33)49-41-25-43(55(67)61(73)53(41)65)50(38-19-11-34(12-20-38)30(3)4)45-27-47(59(71)63(75)57(45)69)52(40-23-15-36(16-24-40)32(7)8)48-28-46(58(70)64(76)60(48)72)51(39-21-13-35(14-22-39)31(5)6)44-26-42(49)54(66)62(74)56(44)68/h9-32,49-52,65-76H,1-8H3. The van der Waals surface area contributed by atoms with E-state index in [1.807, 2.05) is 104 Å². The minimum Gasteiger partial charge on any atom is -0.504 e. The second kappa shape index (κ2) is 19.9. The summed E-state index contributed by atoms with van der Waals surface area (Å²) >= 11 is 0. The van der Waals surface area contributed by atoms with Crippen LogP contribution in [0.3, 0.4) is 0 Å². The van der Waals surface area contributed by atoms with Gasteiger partial charge in [-0.15, -0.1) is 0 Å². The maximum Gasteiger partial charge on any atom is 0.200 e. The summed E-state index contributed by atoms with van der Waals surface area (Å²) in [5.41, 5.74) is 4.28. The van der Waals surface area contributed by atoms with E-state index in [0.29, 0.717) is 22.3 Å². The summed E-state index contributed by atoms with van der Waals surface area (Å²) in [7, 11) is 0. The van der Waals surface area contributed by atoms with Gasteiger partial charge >= 0.3 is 0 Å². The van der Waals surface area contributed by atoms with Crippen molar-refractivity contribution in [1.29, 1.82) is 0 Å². The van der Waals surface area contributed by atoms with Gasteiger partial charge in [-0.1, -0.05) is 152 Å². The van der Waals surface area contributed by atoms with E-state index in [2.05, 4.69) is 0 Å². The second-order valence-corrected chi connectivity index (χ2v) is 21.4. The van der Waals surface area contributed by atoms with Crippen LogP contribution in [0.1, 0.15) is 192 Å². The molecule has 0 saturated heterocycles. The molecule has 0 aliphatic heterocycles. The predicted molar refractivity (Wildman–Crippen MR) is 292 cm³/mol. The van der Waals surface area contributed by atoms with E-state index in [-0.39, 0.29) is 68.2 Å². The molecular formula is C64H64O12. The van der Waals surface area contributed by atoms with Gasteiger partial charge in [0.1, 0.15) is 0 Å². The Labute approximate surface area is 441 Å². The van der Waals surface area contributed by atoms with Gasteiger partial charge in [0.05, 0.1) is 0 Å². The summed E-state index contributed by atoms with van der Waals surface area (Å²) in [5.74, 6) is -15.7. The summed E-state index contributed by atoms with van der Waals surface area (Å²) in [4.78, 5) is 0. The molecule has 1 aliphatic carbocycles. The van der Waals surface area contributed by atoms with Crippen LogP contribution in [0.15, 0.2) is 121 Å². The van der Waals surface area contributed by atoms with Crippen molar-refractivity contribution in [2.45, 2.75) is 103 Å². The molecule has 0 unspecified atom stereocenters. The van der Waals surface area contributed by atoms with E-state index in [1.54, 1.807) is 48.5 Å². The molecule has 392 valence electrons. The van der Waals surface area contributed by atoms with Crippen LogP contribution in [0, 0.1) is 0 Å². The van der Waals surface area contributed by atoms with E-state index < -0.39 is 92.7 Å². The van der Waals surface area contributed by atoms with Gasteiger partial charge in [0.2, 0.25) is 23.0 Å². The smallest absolute Gasteiger partial charge is 0.200 e. The SMILES string of the molecule is CC(C)c1ccc(C2c3cc(c(O)c(O)c3O)C(c3ccc(C(C)C)cc3)c3cc(c(O)c(O)c3O)C(c3ccc(C(C)C)cc3)c3cc(c(O)c(O)c3O)C(c3ccc(C(C)C)cc3)c3cc2c(O)c(O)c3O)cc1. The van der Waals surface area contributed by atoms with Crippen LogP contribution in [0.25, 0.3) is 0 Å². The minimum absolute atomic E-state index is 0.0739. The molecule has 0 heterocycles. The summed E-state index contributed by atoms with van der Waals surface area (Å²) in [6, 6.07) is 34.3.